The second-order valence-electron chi connectivity index (χ2n) is 4.54. The zero-order chi connectivity index (χ0) is 14.3. The van der Waals surface area contributed by atoms with Gasteiger partial charge in [-0.05, 0) is 26.2 Å². The summed E-state index contributed by atoms with van der Waals surface area (Å²) >= 11 is 1.56. The molecule has 0 aliphatic heterocycles. The fraction of sp³-hybridized carbons (Fsp3) is 0.692. The van der Waals surface area contributed by atoms with Gasteiger partial charge in [0, 0.05) is 17.6 Å². The van der Waals surface area contributed by atoms with Crippen LogP contribution in [-0.2, 0) is 0 Å². The van der Waals surface area contributed by atoms with E-state index in [0.717, 1.165) is 17.1 Å². The summed E-state index contributed by atoms with van der Waals surface area (Å²) in [5.74, 6) is 0. The number of nitrogens with one attached hydrogen (secondary N) is 2. The van der Waals surface area contributed by atoms with E-state index in [4.69, 9.17) is 0 Å². The number of carbonyl (C=O) groups excluding carboxylic acids is 1. The third-order valence-electron chi connectivity index (χ3n) is 2.88. The van der Waals surface area contributed by atoms with Gasteiger partial charge in [0.25, 0.3) is 0 Å². The summed E-state index contributed by atoms with van der Waals surface area (Å²) in [6, 6.07) is -0.252. The number of amides is 2. The topological polar surface area (TPSA) is 74.2 Å². The first-order valence-electron chi connectivity index (χ1n) is 6.71. The molecule has 1 rings (SSSR count). The predicted molar refractivity (Wildman–Crippen MR) is 77.3 cm³/mol. The van der Waals surface area contributed by atoms with Crippen LogP contribution in [0.25, 0.3) is 0 Å². The molecule has 0 aliphatic rings. The normalized spacial score (nSPS) is 13.9. The van der Waals surface area contributed by atoms with Gasteiger partial charge in [-0.3, -0.25) is 0 Å². The van der Waals surface area contributed by atoms with Gasteiger partial charge in [0.15, 0.2) is 0 Å². The average Bonchev–Trinajstić information content (AvgIpc) is 2.82. The number of carbonyl (C=O) groups is 1. The molecule has 108 valence electrons. The Hall–Kier alpha value is -1.14. The van der Waals surface area contributed by atoms with Crippen molar-refractivity contribution in [3.63, 3.8) is 0 Å². The van der Waals surface area contributed by atoms with Crippen LogP contribution in [0.1, 0.15) is 49.9 Å². The first-order chi connectivity index (χ1) is 9.06. The Morgan fingerprint density at radius 3 is 2.74 bits per heavy atom. The van der Waals surface area contributed by atoms with Gasteiger partial charge in [-0.15, -0.1) is 11.3 Å². The van der Waals surface area contributed by atoms with Crippen LogP contribution in [0.5, 0.6) is 0 Å². The lowest BCUT2D eigenvalue weighted by Crippen LogP contribution is -2.39. The summed E-state index contributed by atoms with van der Waals surface area (Å²) in [4.78, 5) is 16.1. The van der Waals surface area contributed by atoms with E-state index in [9.17, 15) is 9.90 Å². The van der Waals surface area contributed by atoms with Crippen molar-refractivity contribution in [2.75, 3.05) is 6.54 Å². The van der Waals surface area contributed by atoms with Crippen molar-refractivity contribution in [1.29, 1.82) is 0 Å². The second kappa shape index (κ2) is 8.12. The van der Waals surface area contributed by atoms with E-state index in [1.54, 1.807) is 11.3 Å². The second-order valence-corrected chi connectivity index (χ2v) is 5.43. The van der Waals surface area contributed by atoms with Crippen LogP contribution in [-0.4, -0.2) is 28.8 Å². The smallest absolute Gasteiger partial charge is 0.315 e. The Balaban J connectivity index is 2.37. The highest BCUT2D eigenvalue weighted by Crippen LogP contribution is 2.20. The van der Waals surface area contributed by atoms with Crippen LogP contribution in [0.4, 0.5) is 4.79 Å². The minimum absolute atomic E-state index is 0.0465. The van der Waals surface area contributed by atoms with E-state index in [-0.39, 0.29) is 18.2 Å². The molecule has 1 heterocycles. The number of thiazole rings is 1. The van der Waals surface area contributed by atoms with E-state index >= 15 is 0 Å². The molecule has 0 aromatic carbocycles. The average molecular weight is 285 g/mol. The molecule has 1 aromatic heterocycles. The number of aliphatic hydroxyl groups is 1. The van der Waals surface area contributed by atoms with Crippen LogP contribution < -0.4 is 10.6 Å². The van der Waals surface area contributed by atoms with Gasteiger partial charge in [-0.2, -0.15) is 0 Å². The highest BCUT2D eigenvalue weighted by atomic mass is 32.1. The Morgan fingerprint density at radius 1 is 1.47 bits per heavy atom. The van der Waals surface area contributed by atoms with Gasteiger partial charge < -0.3 is 15.7 Å². The molecule has 5 nitrogen and oxygen atoms in total. The summed E-state index contributed by atoms with van der Waals surface area (Å²) in [5.41, 5.74) is 0.978. The van der Waals surface area contributed by atoms with Crippen molar-refractivity contribution >= 4 is 17.4 Å². The lowest BCUT2D eigenvalue weighted by atomic mass is 10.2. The molecule has 2 unspecified atom stereocenters. The molecule has 0 saturated carbocycles. The number of urea groups is 1. The van der Waals surface area contributed by atoms with E-state index in [0.29, 0.717) is 19.4 Å². The predicted octanol–water partition coefficient (Wildman–Crippen LogP) is 2.36. The molecule has 2 atom stereocenters. The molecule has 0 saturated heterocycles. The van der Waals surface area contributed by atoms with Crippen molar-refractivity contribution in [2.45, 2.75) is 52.2 Å². The van der Waals surface area contributed by atoms with Gasteiger partial charge >= 0.3 is 6.03 Å². The van der Waals surface area contributed by atoms with Crippen molar-refractivity contribution in [3.8, 4) is 0 Å². The lowest BCUT2D eigenvalue weighted by molar-refractivity contribution is 0.160. The molecular weight excluding hydrogens is 262 g/mol. The molecule has 0 spiro atoms. The fourth-order valence-corrected chi connectivity index (χ4v) is 2.57. The van der Waals surface area contributed by atoms with E-state index in [1.165, 1.54) is 0 Å². The minimum Gasteiger partial charge on any atom is -0.393 e. The molecule has 6 heteroatoms. The quantitative estimate of drug-likeness (QED) is 0.720. The van der Waals surface area contributed by atoms with Crippen LogP contribution in [0.15, 0.2) is 5.38 Å². The van der Waals surface area contributed by atoms with Crippen molar-refractivity contribution in [3.05, 3.63) is 16.1 Å². The first kappa shape index (κ1) is 15.9. The molecule has 0 aliphatic carbocycles. The number of aliphatic hydroxyl groups excluding tert-OH is 1. The maximum absolute atomic E-state index is 11.7. The fourth-order valence-electron chi connectivity index (χ4n) is 1.64. The maximum atomic E-state index is 11.7. The lowest BCUT2D eigenvalue weighted by Gasteiger charge is -2.15. The third kappa shape index (κ3) is 5.57. The van der Waals surface area contributed by atoms with Gasteiger partial charge in [-0.1, -0.05) is 13.8 Å². The standard InChI is InChI=1S/C13H23N3O2S/c1-4-10(17)6-7-14-13(18)16-11(5-2)12-15-9(3)8-19-12/h8,10-11,17H,4-7H2,1-3H3,(H2,14,16,18). The van der Waals surface area contributed by atoms with Gasteiger partial charge in [-0.25, -0.2) is 9.78 Å². The summed E-state index contributed by atoms with van der Waals surface area (Å²) in [6.45, 7) is 6.36. The van der Waals surface area contributed by atoms with E-state index in [1.807, 2.05) is 26.2 Å². The number of rotatable bonds is 7. The Bertz CT molecular complexity index is 395. The van der Waals surface area contributed by atoms with Gasteiger partial charge in [0.2, 0.25) is 0 Å². The van der Waals surface area contributed by atoms with Crippen molar-refractivity contribution in [2.24, 2.45) is 0 Å². The minimum atomic E-state index is -0.344. The Kier molecular flexibility index (Phi) is 6.80. The molecule has 2 amide bonds. The zero-order valence-corrected chi connectivity index (χ0v) is 12.6. The third-order valence-corrected chi connectivity index (χ3v) is 3.96. The maximum Gasteiger partial charge on any atom is 0.315 e. The largest absolute Gasteiger partial charge is 0.393 e. The van der Waals surface area contributed by atoms with Crippen LogP contribution in [0, 0.1) is 6.92 Å². The highest BCUT2D eigenvalue weighted by molar-refractivity contribution is 7.09. The monoisotopic (exact) mass is 285 g/mol. The summed E-state index contributed by atoms with van der Waals surface area (Å²) in [6.07, 6.45) is 1.75. The van der Waals surface area contributed by atoms with Crippen LogP contribution in [0.2, 0.25) is 0 Å². The van der Waals surface area contributed by atoms with E-state index in [2.05, 4.69) is 15.6 Å². The summed E-state index contributed by atoms with van der Waals surface area (Å²) in [7, 11) is 0. The number of aryl methyl sites for hydroxylation is 1. The number of hydrogen-bond acceptors (Lipinski definition) is 4. The van der Waals surface area contributed by atoms with E-state index < -0.39 is 0 Å². The summed E-state index contributed by atoms with van der Waals surface area (Å²) < 4.78 is 0. The molecule has 3 N–H and O–H groups in total. The van der Waals surface area contributed by atoms with Crippen molar-refractivity contribution < 1.29 is 9.90 Å². The highest BCUT2D eigenvalue weighted by Gasteiger charge is 2.15. The molecule has 19 heavy (non-hydrogen) atoms. The van der Waals surface area contributed by atoms with Crippen LogP contribution >= 0.6 is 11.3 Å². The number of aromatic nitrogens is 1. The number of hydrogen-bond donors (Lipinski definition) is 3. The molecule has 0 fully saturated rings. The number of nitrogens with zero attached hydrogens (tertiary/aromatic N) is 1. The molecule has 0 bridgehead atoms. The summed E-state index contributed by atoms with van der Waals surface area (Å²) in [5, 5.41) is 18.0. The Morgan fingerprint density at radius 2 is 2.21 bits per heavy atom. The molecular formula is C13H23N3O2S. The van der Waals surface area contributed by atoms with Gasteiger partial charge in [0.05, 0.1) is 12.1 Å². The molecule has 1 aromatic rings. The zero-order valence-electron chi connectivity index (χ0n) is 11.8. The van der Waals surface area contributed by atoms with Crippen LogP contribution in [0.3, 0.4) is 0 Å². The first-order valence-corrected chi connectivity index (χ1v) is 7.59. The molecule has 0 radical (unpaired) electrons. The van der Waals surface area contributed by atoms with Crippen molar-refractivity contribution in [1.82, 2.24) is 15.6 Å². The van der Waals surface area contributed by atoms with Gasteiger partial charge in [0.1, 0.15) is 5.01 Å². The Labute approximate surface area is 118 Å². The SMILES string of the molecule is CCC(O)CCNC(=O)NC(CC)c1nc(C)cs1.